The summed E-state index contributed by atoms with van der Waals surface area (Å²) >= 11 is 0. The van der Waals surface area contributed by atoms with E-state index < -0.39 is 5.91 Å². The van der Waals surface area contributed by atoms with Gasteiger partial charge < -0.3 is 26.0 Å². The van der Waals surface area contributed by atoms with Crippen LogP contribution in [0.4, 0.5) is 27.3 Å². The average Bonchev–Trinajstić information content (AvgIpc) is 2.81. The third-order valence-electron chi connectivity index (χ3n) is 5.26. The van der Waals surface area contributed by atoms with E-state index in [1.54, 1.807) is 18.3 Å². The summed E-state index contributed by atoms with van der Waals surface area (Å²) in [5.41, 5.74) is 9.82. The summed E-state index contributed by atoms with van der Waals surface area (Å²) in [6.07, 6.45) is 1.72. The van der Waals surface area contributed by atoms with Crippen molar-refractivity contribution in [3.8, 4) is 0 Å². The third-order valence-corrected chi connectivity index (χ3v) is 5.26. The maximum atomic E-state index is 13.2. The number of nitrogens with zero attached hydrogens (tertiary/aromatic N) is 2. The zero-order chi connectivity index (χ0) is 22.3. The number of rotatable bonds is 8. The van der Waals surface area contributed by atoms with Gasteiger partial charge in [-0.2, -0.15) is 0 Å². The first-order chi connectivity index (χ1) is 15.6. The van der Waals surface area contributed by atoms with Crippen LogP contribution in [0.3, 0.4) is 0 Å². The van der Waals surface area contributed by atoms with Crippen molar-refractivity contribution in [3.05, 3.63) is 77.7 Å². The predicted molar refractivity (Wildman–Crippen MR) is 124 cm³/mol. The van der Waals surface area contributed by atoms with Crippen LogP contribution in [0, 0.1) is 5.82 Å². The fourth-order valence-corrected chi connectivity index (χ4v) is 3.57. The van der Waals surface area contributed by atoms with Gasteiger partial charge in [-0.15, -0.1) is 0 Å². The molecule has 0 radical (unpaired) electrons. The van der Waals surface area contributed by atoms with E-state index >= 15 is 0 Å². The van der Waals surface area contributed by atoms with E-state index in [9.17, 15) is 9.18 Å². The van der Waals surface area contributed by atoms with E-state index in [-0.39, 0.29) is 12.2 Å². The van der Waals surface area contributed by atoms with Crippen molar-refractivity contribution in [2.45, 2.75) is 13.0 Å². The summed E-state index contributed by atoms with van der Waals surface area (Å²) < 4.78 is 18.6. The quantitative estimate of drug-likeness (QED) is 0.502. The van der Waals surface area contributed by atoms with Crippen molar-refractivity contribution in [1.29, 1.82) is 0 Å². The molecule has 0 saturated carbocycles. The van der Waals surface area contributed by atoms with Gasteiger partial charge in [0.05, 0.1) is 19.6 Å². The summed E-state index contributed by atoms with van der Waals surface area (Å²) in [6.45, 7) is 3.74. The molecule has 1 aliphatic heterocycles. The first-order valence-electron chi connectivity index (χ1n) is 10.5. The number of hydrogen-bond donors (Lipinski definition) is 3. The second kappa shape index (κ2) is 10.1. The summed E-state index contributed by atoms with van der Waals surface area (Å²) in [5.74, 6) is -0.0757. The Morgan fingerprint density at radius 1 is 1.09 bits per heavy atom. The average molecular weight is 436 g/mol. The molecule has 0 aliphatic carbocycles. The molecule has 1 aliphatic rings. The highest BCUT2D eigenvalue weighted by molar-refractivity contribution is 5.79. The van der Waals surface area contributed by atoms with E-state index in [4.69, 9.17) is 10.5 Å². The number of aromatic nitrogens is 1. The topological polar surface area (TPSA) is 92.5 Å². The number of halogens is 1. The molecular weight excluding hydrogens is 409 g/mol. The number of ether oxygens (including phenoxy) is 1. The highest BCUT2D eigenvalue weighted by atomic mass is 19.1. The summed E-state index contributed by atoms with van der Waals surface area (Å²) in [7, 11) is 0. The fourth-order valence-electron chi connectivity index (χ4n) is 3.57. The number of benzene rings is 2. The van der Waals surface area contributed by atoms with Crippen molar-refractivity contribution < 1.29 is 13.9 Å². The summed E-state index contributed by atoms with van der Waals surface area (Å²) in [5, 5.41) is 6.60. The van der Waals surface area contributed by atoms with Gasteiger partial charge in [-0.3, -0.25) is 4.79 Å². The standard InChI is InChI=1S/C24H26FN5O2/c25-19-3-1-17(2-4-19)15-27-22-14-24(28-16-18(22)13-23(26)31)29-20-5-7-21(8-6-20)30-9-11-32-12-10-30/h1-8,14,16H,9-13,15H2,(H2,26,31)(H2,27,28,29). The van der Waals surface area contributed by atoms with Crippen LogP contribution >= 0.6 is 0 Å². The minimum absolute atomic E-state index is 0.0767. The number of primary amides is 1. The molecule has 0 unspecified atom stereocenters. The lowest BCUT2D eigenvalue weighted by Crippen LogP contribution is -2.36. The zero-order valence-electron chi connectivity index (χ0n) is 17.7. The van der Waals surface area contributed by atoms with Crippen LogP contribution in [0.25, 0.3) is 0 Å². The Balaban J connectivity index is 1.47. The monoisotopic (exact) mass is 435 g/mol. The molecule has 1 fully saturated rings. The van der Waals surface area contributed by atoms with Crippen molar-refractivity contribution in [2.75, 3.05) is 41.8 Å². The summed E-state index contributed by atoms with van der Waals surface area (Å²) in [6, 6.07) is 16.3. The highest BCUT2D eigenvalue weighted by Gasteiger charge is 2.12. The number of anilines is 4. The van der Waals surface area contributed by atoms with Gasteiger partial charge in [0, 0.05) is 54.5 Å². The molecule has 0 bridgehead atoms. The summed E-state index contributed by atoms with van der Waals surface area (Å²) in [4.78, 5) is 18.2. The smallest absolute Gasteiger partial charge is 0.221 e. The molecule has 2 heterocycles. The zero-order valence-corrected chi connectivity index (χ0v) is 17.7. The predicted octanol–water partition coefficient (Wildman–Crippen LogP) is 3.44. The van der Waals surface area contributed by atoms with Crippen LogP contribution in [-0.2, 0) is 22.5 Å². The number of carbonyl (C=O) groups excluding carboxylic acids is 1. The molecular formula is C24H26FN5O2. The fraction of sp³-hybridized carbons (Fsp3) is 0.250. The second-order valence-electron chi connectivity index (χ2n) is 7.62. The Bertz CT molecular complexity index is 1050. The highest BCUT2D eigenvalue weighted by Crippen LogP contribution is 2.25. The van der Waals surface area contributed by atoms with E-state index in [0.29, 0.717) is 17.9 Å². The minimum atomic E-state index is -0.434. The van der Waals surface area contributed by atoms with Gasteiger partial charge in [-0.25, -0.2) is 9.37 Å². The SMILES string of the molecule is NC(=O)Cc1cnc(Nc2ccc(N3CCOCC3)cc2)cc1NCc1ccc(F)cc1. The van der Waals surface area contributed by atoms with Gasteiger partial charge in [0.15, 0.2) is 0 Å². The number of morpholine rings is 1. The minimum Gasteiger partial charge on any atom is -0.381 e. The van der Waals surface area contributed by atoms with E-state index in [1.165, 1.54) is 12.1 Å². The van der Waals surface area contributed by atoms with Crippen LogP contribution in [0.2, 0.25) is 0 Å². The molecule has 1 saturated heterocycles. The van der Waals surface area contributed by atoms with E-state index in [0.717, 1.165) is 48.9 Å². The number of nitrogens with two attached hydrogens (primary N) is 1. The van der Waals surface area contributed by atoms with Crippen molar-refractivity contribution in [3.63, 3.8) is 0 Å². The van der Waals surface area contributed by atoms with Gasteiger partial charge in [0.25, 0.3) is 0 Å². The van der Waals surface area contributed by atoms with Crippen LogP contribution in [0.1, 0.15) is 11.1 Å². The molecule has 3 aromatic rings. The number of hydrogen-bond acceptors (Lipinski definition) is 6. The number of amides is 1. The Labute approximate surface area is 186 Å². The lowest BCUT2D eigenvalue weighted by Gasteiger charge is -2.28. The Morgan fingerprint density at radius 3 is 2.50 bits per heavy atom. The lowest BCUT2D eigenvalue weighted by atomic mass is 10.1. The molecule has 0 spiro atoms. The van der Waals surface area contributed by atoms with Crippen LogP contribution in [-0.4, -0.2) is 37.2 Å². The molecule has 4 rings (SSSR count). The van der Waals surface area contributed by atoms with Crippen molar-refractivity contribution in [2.24, 2.45) is 5.73 Å². The number of carbonyl (C=O) groups is 1. The van der Waals surface area contributed by atoms with E-state index in [2.05, 4.69) is 32.7 Å². The first-order valence-corrected chi connectivity index (χ1v) is 10.5. The maximum absolute atomic E-state index is 13.2. The molecule has 8 heteroatoms. The lowest BCUT2D eigenvalue weighted by molar-refractivity contribution is -0.117. The Kier molecular flexibility index (Phi) is 6.81. The first kappa shape index (κ1) is 21.6. The van der Waals surface area contributed by atoms with Crippen LogP contribution in [0.5, 0.6) is 0 Å². The van der Waals surface area contributed by atoms with Crippen molar-refractivity contribution in [1.82, 2.24) is 4.98 Å². The maximum Gasteiger partial charge on any atom is 0.221 e. The molecule has 166 valence electrons. The van der Waals surface area contributed by atoms with Crippen LogP contribution in [0.15, 0.2) is 60.8 Å². The third kappa shape index (κ3) is 5.73. The van der Waals surface area contributed by atoms with Crippen LogP contribution < -0.4 is 21.3 Å². The molecule has 32 heavy (non-hydrogen) atoms. The number of nitrogens with one attached hydrogen (secondary N) is 2. The van der Waals surface area contributed by atoms with E-state index in [1.807, 2.05) is 18.2 Å². The van der Waals surface area contributed by atoms with Gasteiger partial charge in [-0.1, -0.05) is 12.1 Å². The Morgan fingerprint density at radius 2 is 1.81 bits per heavy atom. The van der Waals surface area contributed by atoms with Gasteiger partial charge >= 0.3 is 0 Å². The van der Waals surface area contributed by atoms with Crippen molar-refractivity contribution >= 4 is 28.8 Å². The van der Waals surface area contributed by atoms with Gasteiger partial charge in [0.2, 0.25) is 5.91 Å². The Hall–Kier alpha value is -3.65. The molecule has 1 amide bonds. The number of pyridine rings is 1. The second-order valence-corrected chi connectivity index (χ2v) is 7.62. The molecule has 4 N–H and O–H groups in total. The van der Waals surface area contributed by atoms with Gasteiger partial charge in [0.1, 0.15) is 11.6 Å². The molecule has 2 aromatic carbocycles. The molecule has 1 aromatic heterocycles. The molecule has 0 atom stereocenters. The molecule has 7 nitrogen and oxygen atoms in total. The normalized spacial score (nSPS) is 13.6. The van der Waals surface area contributed by atoms with Gasteiger partial charge in [-0.05, 0) is 42.0 Å². The largest absolute Gasteiger partial charge is 0.381 e.